The maximum Gasteiger partial charge on any atom is 0.269 e. The van der Waals surface area contributed by atoms with Gasteiger partial charge < -0.3 is 5.73 Å². The molecule has 0 atom stereocenters. The minimum absolute atomic E-state index is 0.0315. The molecule has 1 heterocycles. The summed E-state index contributed by atoms with van der Waals surface area (Å²) in [6, 6.07) is 5.68. The van der Waals surface area contributed by atoms with Crippen LogP contribution in [0.2, 0.25) is 5.15 Å². The molecule has 10 heteroatoms. The van der Waals surface area contributed by atoms with Crippen LogP contribution in [-0.4, -0.2) is 20.8 Å². The fourth-order valence-corrected chi connectivity index (χ4v) is 1.70. The topological polar surface area (TPSA) is 136 Å². The van der Waals surface area contributed by atoms with Crippen LogP contribution in [0.25, 0.3) is 0 Å². The molecule has 1 aromatic heterocycles. The standard InChI is InChI=1S/C12H11ClN6O3/c13-11-10(14)12(16-6-15-11)18-17-9(20)5-7-1-3-8(4-2-7)19(21)22/h1-4,6H,5,14H2,(H,17,20)(H,15,16,18). The molecule has 0 saturated heterocycles. The summed E-state index contributed by atoms with van der Waals surface area (Å²) in [6.45, 7) is 0. The number of carbonyl (C=O) groups excluding carboxylic acids is 1. The van der Waals surface area contributed by atoms with Gasteiger partial charge in [0.15, 0.2) is 11.0 Å². The van der Waals surface area contributed by atoms with E-state index in [1.807, 2.05) is 0 Å². The smallest absolute Gasteiger partial charge is 0.269 e. The quantitative estimate of drug-likeness (QED) is 0.428. The van der Waals surface area contributed by atoms with E-state index in [1.165, 1.54) is 30.6 Å². The van der Waals surface area contributed by atoms with Crippen LogP contribution in [0.3, 0.4) is 0 Å². The number of nitrogen functional groups attached to an aromatic ring is 1. The van der Waals surface area contributed by atoms with Crippen molar-refractivity contribution in [3.05, 3.63) is 51.4 Å². The summed E-state index contributed by atoms with van der Waals surface area (Å²) in [6.07, 6.45) is 1.23. The largest absolute Gasteiger partial charge is 0.393 e. The Hall–Kier alpha value is -2.94. The summed E-state index contributed by atoms with van der Waals surface area (Å²) >= 11 is 5.72. The van der Waals surface area contributed by atoms with E-state index in [0.717, 1.165) is 0 Å². The monoisotopic (exact) mass is 322 g/mol. The number of halogens is 1. The average Bonchev–Trinajstić information content (AvgIpc) is 2.49. The van der Waals surface area contributed by atoms with Crippen LogP contribution >= 0.6 is 11.6 Å². The highest BCUT2D eigenvalue weighted by atomic mass is 35.5. The number of non-ortho nitro benzene ring substituents is 1. The molecule has 22 heavy (non-hydrogen) atoms. The Kier molecular flexibility index (Phi) is 4.69. The highest BCUT2D eigenvalue weighted by Crippen LogP contribution is 2.21. The van der Waals surface area contributed by atoms with Gasteiger partial charge in [-0.25, -0.2) is 9.97 Å². The number of nitrogens with two attached hydrogens (primary N) is 1. The first kappa shape index (κ1) is 15.4. The second-order valence-electron chi connectivity index (χ2n) is 4.20. The number of hydrogen-bond acceptors (Lipinski definition) is 7. The molecule has 2 aromatic rings. The summed E-state index contributed by atoms with van der Waals surface area (Å²) in [4.78, 5) is 29.3. The van der Waals surface area contributed by atoms with E-state index in [1.54, 1.807) is 0 Å². The zero-order valence-electron chi connectivity index (χ0n) is 11.1. The Bertz CT molecular complexity index is 707. The van der Waals surface area contributed by atoms with Crippen molar-refractivity contribution in [2.75, 3.05) is 11.2 Å². The molecule has 4 N–H and O–H groups in total. The molecule has 0 bridgehead atoms. The van der Waals surface area contributed by atoms with Gasteiger partial charge in [0.1, 0.15) is 12.0 Å². The van der Waals surface area contributed by atoms with E-state index in [4.69, 9.17) is 17.3 Å². The molecular weight excluding hydrogens is 312 g/mol. The molecule has 0 aliphatic carbocycles. The lowest BCUT2D eigenvalue weighted by Crippen LogP contribution is -2.31. The maximum atomic E-state index is 11.8. The summed E-state index contributed by atoms with van der Waals surface area (Å²) in [5, 5.41) is 10.6. The highest BCUT2D eigenvalue weighted by Gasteiger charge is 2.09. The normalized spacial score (nSPS) is 10.0. The summed E-state index contributed by atoms with van der Waals surface area (Å²) < 4.78 is 0. The number of nitro benzene ring substituents is 1. The highest BCUT2D eigenvalue weighted by molar-refractivity contribution is 6.32. The van der Waals surface area contributed by atoms with Crippen molar-refractivity contribution in [1.82, 2.24) is 15.4 Å². The minimum atomic E-state index is -0.507. The van der Waals surface area contributed by atoms with Gasteiger partial charge in [0.2, 0.25) is 5.91 Å². The number of nitrogens with one attached hydrogen (secondary N) is 2. The first-order valence-electron chi connectivity index (χ1n) is 6.01. The maximum absolute atomic E-state index is 11.8. The average molecular weight is 323 g/mol. The Labute approximate surface area is 129 Å². The summed E-state index contributed by atoms with van der Waals surface area (Å²) in [7, 11) is 0. The zero-order valence-corrected chi connectivity index (χ0v) is 11.9. The van der Waals surface area contributed by atoms with Gasteiger partial charge in [-0.1, -0.05) is 23.7 Å². The van der Waals surface area contributed by atoms with Crippen LogP contribution in [-0.2, 0) is 11.2 Å². The van der Waals surface area contributed by atoms with Crippen molar-refractivity contribution in [2.45, 2.75) is 6.42 Å². The van der Waals surface area contributed by atoms with Crippen LogP contribution in [0.4, 0.5) is 17.2 Å². The number of rotatable bonds is 5. The number of nitrogens with zero attached hydrogens (tertiary/aromatic N) is 3. The van der Waals surface area contributed by atoms with Gasteiger partial charge in [0.25, 0.3) is 5.69 Å². The van der Waals surface area contributed by atoms with Gasteiger partial charge in [-0.2, -0.15) is 0 Å². The number of carbonyl (C=O) groups is 1. The molecule has 0 unspecified atom stereocenters. The van der Waals surface area contributed by atoms with Crippen molar-refractivity contribution in [2.24, 2.45) is 0 Å². The van der Waals surface area contributed by atoms with Crippen molar-refractivity contribution in [3.63, 3.8) is 0 Å². The van der Waals surface area contributed by atoms with Gasteiger partial charge in [-0.05, 0) is 5.56 Å². The lowest BCUT2D eigenvalue weighted by molar-refractivity contribution is -0.384. The van der Waals surface area contributed by atoms with Crippen molar-refractivity contribution in [3.8, 4) is 0 Å². The molecule has 0 spiro atoms. The molecule has 0 radical (unpaired) electrons. The van der Waals surface area contributed by atoms with Crippen molar-refractivity contribution >= 4 is 34.7 Å². The Morgan fingerprint density at radius 1 is 1.32 bits per heavy atom. The van der Waals surface area contributed by atoms with E-state index in [9.17, 15) is 14.9 Å². The number of hydrogen-bond donors (Lipinski definition) is 3. The molecule has 1 aromatic carbocycles. The van der Waals surface area contributed by atoms with Crippen LogP contribution in [0.1, 0.15) is 5.56 Å². The van der Waals surface area contributed by atoms with E-state index in [-0.39, 0.29) is 34.7 Å². The minimum Gasteiger partial charge on any atom is -0.393 e. The first-order valence-corrected chi connectivity index (χ1v) is 6.39. The fourth-order valence-electron chi connectivity index (χ4n) is 1.57. The summed E-state index contributed by atoms with van der Waals surface area (Å²) in [5.41, 5.74) is 11.3. The lowest BCUT2D eigenvalue weighted by atomic mass is 10.1. The first-order chi connectivity index (χ1) is 10.5. The third-order valence-electron chi connectivity index (χ3n) is 2.67. The van der Waals surface area contributed by atoms with Gasteiger partial charge in [-0.3, -0.25) is 25.8 Å². The molecular formula is C12H11ClN6O3. The van der Waals surface area contributed by atoms with Crippen molar-refractivity contribution < 1.29 is 9.72 Å². The van der Waals surface area contributed by atoms with Crippen LogP contribution < -0.4 is 16.6 Å². The third kappa shape index (κ3) is 3.79. The van der Waals surface area contributed by atoms with Crippen LogP contribution in [0.15, 0.2) is 30.6 Å². The van der Waals surface area contributed by atoms with Crippen LogP contribution in [0, 0.1) is 10.1 Å². The molecule has 2 rings (SSSR count). The second kappa shape index (κ2) is 6.68. The molecule has 0 fully saturated rings. The second-order valence-corrected chi connectivity index (χ2v) is 4.56. The van der Waals surface area contributed by atoms with Gasteiger partial charge in [0, 0.05) is 12.1 Å². The lowest BCUT2D eigenvalue weighted by Gasteiger charge is -2.09. The fraction of sp³-hybridized carbons (Fsp3) is 0.0833. The van der Waals surface area contributed by atoms with E-state index in [0.29, 0.717) is 5.56 Å². The Morgan fingerprint density at radius 3 is 2.64 bits per heavy atom. The zero-order chi connectivity index (χ0) is 16.1. The predicted molar refractivity (Wildman–Crippen MR) is 80.0 cm³/mol. The molecule has 0 aliphatic rings. The van der Waals surface area contributed by atoms with Gasteiger partial charge in [0.05, 0.1) is 11.3 Å². The van der Waals surface area contributed by atoms with Crippen LogP contribution in [0.5, 0.6) is 0 Å². The number of hydrazine groups is 1. The number of aromatic nitrogens is 2. The number of anilines is 2. The molecule has 0 saturated carbocycles. The van der Waals surface area contributed by atoms with Crippen molar-refractivity contribution in [1.29, 1.82) is 0 Å². The van der Waals surface area contributed by atoms with Gasteiger partial charge in [-0.15, -0.1) is 0 Å². The van der Waals surface area contributed by atoms with Gasteiger partial charge >= 0.3 is 0 Å². The SMILES string of the molecule is Nc1c(Cl)ncnc1NNC(=O)Cc1ccc([N+](=O)[O-])cc1. The molecule has 9 nitrogen and oxygen atoms in total. The Balaban J connectivity index is 1.93. The number of nitro groups is 1. The summed E-state index contributed by atoms with van der Waals surface area (Å²) in [5.74, 6) is -0.194. The number of amides is 1. The predicted octanol–water partition coefficient (Wildman–Crippen LogP) is 1.31. The Morgan fingerprint density at radius 2 is 2.00 bits per heavy atom. The van der Waals surface area contributed by atoms with E-state index >= 15 is 0 Å². The third-order valence-corrected chi connectivity index (χ3v) is 2.97. The van der Waals surface area contributed by atoms with E-state index < -0.39 is 4.92 Å². The number of benzene rings is 1. The molecule has 114 valence electrons. The molecule has 1 amide bonds. The van der Waals surface area contributed by atoms with E-state index in [2.05, 4.69) is 20.8 Å². The molecule has 0 aliphatic heterocycles.